The van der Waals surface area contributed by atoms with Crippen molar-refractivity contribution in [1.29, 1.82) is 0 Å². The first-order valence-corrected chi connectivity index (χ1v) is 8.58. The van der Waals surface area contributed by atoms with Gasteiger partial charge < -0.3 is 4.90 Å². The molecule has 1 N–H and O–H groups in total. The molecule has 4 rings (SSSR count). The monoisotopic (exact) mass is 328 g/mol. The number of nitrogens with zero attached hydrogens (tertiary/aromatic N) is 3. The van der Waals surface area contributed by atoms with Gasteiger partial charge in [0.1, 0.15) is 0 Å². The zero-order chi connectivity index (χ0) is 15.8. The van der Waals surface area contributed by atoms with E-state index in [4.69, 9.17) is 0 Å². The van der Waals surface area contributed by atoms with Crippen LogP contribution in [0.4, 0.5) is 0 Å². The molecule has 6 nitrogen and oxygen atoms in total. The minimum absolute atomic E-state index is 0.0204. The summed E-state index contributed by atoms with van der Waals surface area (Å²) in [5, 5.41) is 6.61. The van der Waals surface area contributed by atoms with Crippen LogP contribution in [0.2, 0.25) is 0 Å². The Morgan fingerprint density at radius 2 is 2.26 bits per heavy atom. The van der Waals surface area contributed by atoms with Crippen LogP contribution in [-0.2, 0) is 0 Å². The molecular formula is C16H16N4O2S. The number of thiophene rings is 1. The molecule has 0 bridgehead atoms. The summed E-state index contributed by atoms with van der Waals surface area (Å²) < 4.78 is 1.40. The molecule has 1 amide bonds. The van der Waals surface area contributed by atoms with Gasteiger partial charge in [-0.05, 0) is 30.7 Å². The van der Waals surface area contributed by atoms with E-state index >= 15 is 0 Å². The maximum atomic E-state index is 12.8. The fourth-order valence-electron chi connectivity index (χ4n) is 3.15. The molecule has 1 atom stereocenters. The van der Waals surface area contributed by atoms with Crippen LogP contribution in [0.1, 0.15) is 41.4 Å². The Labute approximate surface area is 136 Å². The predicted octanol–water partition coefficient (Wildman–Crippen LogP) is 2.45. The summed E-state index contributed by atoms with van der Waals surface area (Å²) in [5.74, 6) is 0.0204. The number of fused-ring (bicyclic) bond motifs is 1. The Morgan fingerprint density at radius 3 is 3.09 bits per heavy atom. The van der Waals surface area contributed by atoms with Crippen molar-refractivity contribution in [3.8, 4) is 0 Å². The quantitative estimate of drug-likeness (QED) is 0.785. The van der Waals surface area contributed by atoms with Crippen LogP contribution in [0.15, 0.2) is 40.0 Å². The average molecular weight is 328 g/mol. The van der Waals surface area contributed by atoms with Crippen LogP contribution in [0.3, 0.4) is 0 Å². The first-order valence-electron chi connectivity index (χ1n) is 7.64. The van der Waals surface area contributed by atoms with Crippen molar-refractivity contribution >= 4 is 22.9 Å². The highest BCUT2D eigenvalue weighted by Crippen LogP contribution is 2.31. The summed E-state index contributed by atoms with van der Waals surface area (Å²) in [6.45, 7) is 0.702. The van der Waals surface area contributed by atoms with Gasteiger partial charge in [0.2, 0.25) is 0 Å². The number of rotatable bonds is 2. The molecule has 1 aliphatic rings. The van der Waals surface area contributed by atoms with E-state index in [1.165, 1.54) is 21.9 Å². The van der Waals surface area contributed by atoms with Crippen molar-refractivity contribution < 1.29 is 4.79 Å². The van der Waals surface area contributed by atoms with Gasteiger partial charge in [-0.1, -0.05) is 0 Å². The Balaban J connectivity index is 1.74. The molecular weight excluding hydrogens is 312 g/mol. The zero-order valence-corrected chi connectivity index (χ0v) is 13.3. The maximum Gasteiger partial charge on any atom is 0.272 e. The molecule has 4 heterocycles. The number of amides is 1. The fraction of sp³-hybridized carbons (Fsp3) is 0.312. The summed E-state index contributed by atoms with van der Waals surface area (Å²) >= 11 is 1.51. The molecule has 0 aliphatic carbocycles. The minimum Gasteiger partial charge on any atom is -0.330 e. The Bertz CT molecular complexity index is 896. The first-order chi connectivity index (χ1) is 11.2. The number of piperidine rings is 1. The van der Waals surface area contributed by atoms with Gasteiger partial charge in [-0.2, -0.15) is 11.3 Å². The third kappa shape index (κ3) is 2.46. The van der Waals surface area contributed by atoms with Crippen molar-refractivity contribution in [2.75, 3.05) is 6.54 Å². The summed E-state index contributed by atoms with van der Waals surface area (Å²) in [5.41, 5.74) is 1.82. The van der Waals surface area contributed by atoms with Crippen LogP contribution in [-0.4, -0.2) is 31.9 Å². The van der Waals surface area contributed by atoms with Crippen molar-refractivity contribution in [1.82, 2.24) is 19.5 Å². The third-order valence-corrected chi connectivity index (χ3v) is 4.96. The van der Waals surface area contributed by atoms with E-state index < -0.39 is 0 Å². The summed E-state index contributed by atoms with van der Waals surface area (Å²) in [4.78, 5) is 31.4. The van der Waals surface area contributed by atoms with Crippen molar-refractivity contribution in [2.45, 2.75) is 25.3 Å². The van der Waals surface area contributed by atoms with Crippen LogP contribution in [0, 0.1) is 0 Å². The Kier molecular flexibility index (Phi) is 3.49. The van der Waals surface area contributed by atoms with E-state index in [0.29, 0.717) is 23.4 Å². The molecule has 0 saturated carbocycles. The maximum absolute atomic E-state index is 12.8. The smallest absolute Gasteiger partial charge is 0.272 e. The van der Waals surface area contributed by atoms with Gasteiger partial charge in [-0.15, -0.1) is 0 Å². The lowest BCUT2D eigenvalue weighted by molar-refractivity contribution is 0.0606. The number of likely N-dealkylation sites (tertiary alicyclic amines) is 1. The van der Waals surface area contributed by atoms with Crippen molar-refractivity contribution in [2.24, 2.45) is 0 Å². The summed E-state index contributed by atoms with van der Waals surface area (Å²) in [6.07, 6.45) is 4.54. The highest BCUT2D eigenvalue weighted by Gasteiger charge is 2.30. The van der Waals surface area contributed by atoms with E-state index in [-0.39, 0.29) is 17.5 Å². The van der Waals surface area contributed by atoms with E-state index in [1.54, 1.807) is 12.3 Å². The standard InChI is InChI=1S/C16H16N4O2S/c21-15-9-12(18-14-4-6-17-20(14)15)13-3-1-2-7-19(13)16(22)11-5-8-23-10-11/h4-6,8-10,13,17H,1-3,7H2/t13-/m0/s1. The van der Waals surface area contributed by atoms with Crippen molar-refractivity contribution in [3.05, 3.63) is 56.8 Å². The molecule has 1 fully saturated rings. The van der Waals surface area contributed by atoms with E-state index in [1.807, 2.05) is 21.7 Å². The molecule has 7 heteroatoms. The summed E-state index contributed by atoms with van der Waals surface area (Å²) in [6, 6.07) is 5.01. The van der Waals surface area contributed by atoms with Gasteiger partial charge in [0.25, 0.3) is 11.5 Å². The zero-order valence-electron chi connectivity index (χ0n) is 12.4. The van der Waals surface area contributed by atoms with E-state index in [2.05, 4.69) is 10.1 Å². The molecule has 23 heavy (non-hydrogen) atoms. The molecule has 0 spiro atoms. The van der Waals surface area contributed by atoms with Gasteiger partial charge in [0, 0.05) is 30.3 Å². The van der Waals surface area contributed by atoms with Gasteiger partial charge >= 0.3 is 0 Å². The average Bonchev–Trinajstić information content (AvgIpc) is 3.25. The van der Waals surface area contributed by atoms with Crippen LogP contribution in [0.25, 0.3) is 5.65 Å². The van der Waals surface area contributed by atoms with Gasteiger partial charge in [0.15, 0.2) is 5.65 Å². The highest BCUT2D eigenvalue weighted by atomic mass is 32.1. The predicted molar refractivity (Wildman–Crippen MR) is 87.8 cm³/mol. The normalized spacial score (nSPS) is 18.4. The number of aromatic amines is 1. The molecule has 118 valence electrons. The summed E-state index contributed by atoms with van der Waals surface area (Å²) in [7, 11) is 0. The second kappa shape index (κ2) is 5.66. The lowest BCUT2D eigenvalue weighted by atomic mass is 9.98. The molecule has 3 aromatic rings. The number of hydrogen-bond acceptors (Lipinski definition) is 4. The van der Waals surface area contributed by atoms with Crippen LogP contribution < -0.4 is 5.56 Å². The van der Waals surface area contributed by atoms with E-state index in [0.717, 1.165) is 19.3 Å². The SMILES string of the molecule is O=C(c1ccsc1)N1CCCC[C@H]1c1cc(=O)n2[nH]ccc2n1. The lowest BCUT2D eigenvalue weighted by Gasteiger charge is -2.35. The number of aromatic nitrogens is 3. The fourth-order valence-corrected chi connectivity index (χ4v) is 3.78. The topological polar surface area (TPSA) is 70.5 Å². The third-order valence-electron chi connectivity index (χ3n) is 4.27. The van der Waals surface area contributed by atoms with E-state index in [9.17, 15) is 9.59 Å². The Hall–Kier alpha value is -2.41. The molecule has 0 unspecified atom stereocenters. The lowest BCUT2D eigenvalue weighted by Crippen LogP contribution is -2.39. The van der Waals surface area contributed by atoms with Crippen LogP contribution in [0.5, 0.6) is 0 Å². The Morgan fingerprint density at radius 1 is 1.35 bits per heavy atom. The second-order valence-electron chi connectivity index (χ2n) is 5.70. The van der Waals surface area contributed by atoms with Crippen LogP contribution >= 0.6 is 11.3 Å². The number of carbonyl (C=O) groups is 1. The van der Waals surface area contributed by atoms with Gasteiger partial charge in [-0.3, -0.25) is 14.7 Å². The number of H-pyrrole nitrogens is 1. The molecule has 1 aliphatic heterocycles. The largest absolute Gasteiger partial charge is 0.330 e. The first kappa shape index (κ1) is 14.2. The molecule has 1 saturated heterocycles. The number of hydrogen-bond donors (Lipinski definition) is 1. The molecule has 0 radical (unpaired) electrons. The molecule has 3 aromatic heterocycles. The van der Waals surface area contributed by atoms with Gasteiger partial charge in [0.05, 0.1) is 17.3 Å². The minimum atomic E-state index is -0.150. The number of carbonyl (C=O) groups excluding carboxylic acids is 1. The van der Waals surface area contributed by atoms with Crippen molar-refractivity contribution in [3.63, 3.8) is 0 Å². The second-order valence-corrected chi connectivity index (χ2v) is 6.48. The van der Waals surface area contributed by atoms with Gasteiger partial charge in [-0.25, -0.2) is 9.50 Å². The molecule has 0 aromatic carbocycles. The number of nitrogens with one attached hydrogen (secondary N) is 1. The highest BCUT2D eigenvalue weighted by molar-refractivity contribution is 7.08.